The number of hydrogen-bond acceptors (Lipinski definition) is 3. The van der Waals surface area contributed by atoms with Crippen LogP contribution in [0.15, 0.2) is 34.7 Å². The van der Waals surface area contributed by atoms with E-state index in [9.17, 15) is 9.18 Å². The normalized spacial score (nSPS) is 14.6. The minimum absolute atomic E-state index is 0.0198. The lowest BCUT2D eigenvalue weighted by molar-refractivity contribution is -0.118. The standard InChI is InChI=1S/C16H21FN2OS/c17-14-10-13(6-7-15(14)18)21-11-16(20)19-9-8-12-4-2-1-3-5-12/h4,6-7,10H,1-3,5,8-9,11,18H2,(H,19,20). The van der Waals surface area contributed by atoms with Gasteiger partial charge >= 0.3 is 0 Å². The van der Waals surface area contributed by atoms with Crippen LogP contribution in [0.2, 0.25) is 0 Å². The van der Waals surface area contributed by atoms with E-state index in [0.29, 0.717) is 17.2 Å². The molecule has 5 heteroatoms. The van der Waals surface area contributed by atoms with E-state index in [1.807, 2.05) is 0 Å². The summed E-state index contributed by atoms with van der Waals surface area (Å²) in [6.07, 6.45) is 8.11. The second-order valence-electron chi connectivity index (χ2n) is 5.18. The van der Waals surface area contributed by atoms with E-state index in [1.54, 1.807) is 6.07 Å². The zero-order valence-corrected chi connectivity index (χ0v) is 12.8. The second kappa shape index (κ2) is 8.08. The quantitative estimate of drug-likeness (QED) is 0.480. The fourth-order valence-corrected chi connectivity index (χ4v) is 3.04. The van der Waals surface area contributed by atoms with Gasteiger partial charge in [-0.05, 0) is 50.3 Å². The molecule has 0 heterocycles. The summed E-state index contributed by atoms with van der Waals surface area (Å²) in [5.74, 6) is -0.166. The SMILES string of the molecule is Nc1ccc(SCC(=O)NCCC2=CCCCC2)cc1F. The molecule has 2 rings (SSSR count). The maximum Gasteiger partial charge on any atom is 0.230 e. The maximum absolute atomic E-state index is 13.3. The Morgan fingerprint density at radius 1 is 1.38 bits per heavy atom. The van der Waals surface area contributed by atoms with Crippen LogP contribution in [-0.4, -0.2) is 18.2 Å². The highest BCUT2D eigenvalue weighted by molar-refractivity contribution is 8.00. The number of benzene rings is 1. The van der Waals surface area contributed by atoms with E-state index < -0.39 is 5.82 Å². The summed E-state index contributed by atoms with van der Waals surface area (Å²) >= 11 is 1.32. The number of thioether (sulfide) groups is 1. The lowest BCUT2D eigenvalue weighted by atomic mass is 9.97. The van der Waals surface area contributed by atoms with Crippen molar-refractivity contribution in [1.29, 1.82) is 0 Å². The molecule has 1 aromatic carbocycles. The summed E-state index contributed by atoms with van der Waals surface area (Å²) in [4.78, 5) is 12.5. The van der Waals surface area contributed by atoms with Crippen molar-refractivity contribution >= 4 is 23.4 Å². The van der Waals surface area contributed by atoms with Crippen molar-refractivity contribution in [2.75, 3.05) is 18.0 Å². The van der Waals surface area contributed by atoms with Gasteiger partial charge in [-0.2, -0.15) is 0 Å². The van der Waals surface area contributed by atoms with E-state index in [2.05, 4.69) is 11.4 Å². The van der Waals surface area contributed by atoms with Crippen molar-refractivity contribution in [2.45, 2.75) is 37.0 Å². The maximum atomic E-state index is 13.3. The molecule has 1 amide bonds. The Balaban J connectivity index is 1.67. The molecule has 3 N–H and O–H groups in total. The van der Waals surface area contributed by atoms with Crippen molar-refractivity contribution < 1.29 is 9.18 Å². The van der Waals surface area contributed by atoms with E-state index in [1.165, 1.54) is 48.7 Å². The first kappa shape index (κ1) is 15.9. The molecule has 114 valence electrons. The topological polar surface area (TPSA) is 55.1 Å². The smallest absolute Gasteiger partial charge is 0.230 e. The molecular formula is C16H21FN2OS. The first-order valence-electron chi connectivity index (χ1n) is 7.27. The van der Waals surface area contributed by atoms with Crippen LogP contribution >= 0.6 is 11.8 Å². The number of halogens is 1. The average molecular weight is 308 g/mol. The largest absolute Gasteiger partial charge is 0.396 e. The Morgan fingerprint density at radius 3 is 2.95 bits per heavy atom. The van der Waals surface area contributed by atoms with Crippen LogP contribution in [0, 0.1) is 5.82 Å². The molecule has 0 saturated carbocycles. The number of nitrogens with two attached hydrogens (primary N) is 1. The van der Waals surface area contributed by atoms with Gasteiger partial charge in [0.2, 0.25) is 5.91 Å². The molecule has 0 fully saturated rings. The van der Waals surface area contributed by atoms with Gasteiger partial charge in [0.15, 0.2) is 0 Å². The first-order chi connectivity index (χ1) is 10.1. The van der Waals surface area contributed by atoms with Gasteiger partial charge < -0.3 is 11.1 Å². The third kappa shape index (κ3) is 5.42. The van der Waals surface area contributed by atoms with Gasteiger partial charge in [0.1, 0.15) is 5.82 Å². The van der Waals surface area contributed by atoms with Crippen LogP contribution in [0.25, 0.3) is 0 Å². The zero-order valence-electron chi connectivity index (χ0n) is 12.0. The van der Waals surface area contributed by atoms with E-state index in [0.717, 1.165) is 12.8 Å². The fourth-order valence-electron chi connectivity index (χ4n) is 2.29. The lowest BCUT2D eigenvalue weighted by Gasteiger charge is -2.12. The summed E-state index contributed by atoms with van der Waals surface area (Å²) in [5.41, 5.74) is 7.00. The summed E-state index contributed by atoms with van der Waals surface area (Å²) in [6, 6.07) is 4.61. The number of rotatable bonds is 6. The van der Waals surface area contributed by atoms with Gasteiger partial charge in [-0.1, -0.05) is 11.6 Å². The van der Waals surface area contributed by atoms with E-state index >= 15 is 0 Å². The Kier molecular flexibility index (Phi) is 6.11. The summed E-state index contributed by atoms with van der Waals surface area (Å²) in [5, 5.41) is 2.91. The molecule has 0 atom stereocenters. The van der Waals surface area contributed by atoms with Crippen LogP contribution in [0.1, 0.15) is 32.1 Å². The minimum atomic E-state index is -0.440. The second-order valence-corrected chi connectivity index (χ2v) is 6.23. The van der Waals surface area contributed by atoms with Crippen LogP contribution in [0.5, 0.6) is 0 Å². The Morgan fingerprint density at radius 2 is 2.24 bits per heavy atom. The number of carbonyl (C=O) groups excluding carboxylic acids is 1. The average Bonchev–Trinajstić information content (AvgIpc) is 2.49. The molecule has 21 heavy (non-hydrogen) atoms. The number of carbonyl (C=O) groups is 1. The highest BCUT2D eigenvalue weighted by Gasteiger charge is 2.07. The van der Waals surface area contributed by atoms with Crippen LogP contribution in [0.4, 0.5) is 10.1 Å². The van der Waals surface area contributed by atoms with Crippen molar-refractivity contribution in [1.82, 2.24) is 5.32 Å². The third-order valence-corrected chi connectivity index (χ3v) is 4.49. The molecule has 0 aliphatic heterocycles. The van der Waals surface area contributed by atoms with E-state index in [4.69, 9.17) is 5.73 Å². The van der Waals surface area contributed by atoms with Crippen LogP contribution in [-0.2, 0) is 4.79 Å². The molecule has 0 spiro atoms. The predicted octanol–water partition coefficient (Wildman–Crippen LogP) is 3.51. The summed E-state index contributed by atoms with van der Waals surface area (Å²) in [6.45, 7) is 0.682. The Bertz CT molecular complexity index is 531. The minimum Gasteiger partial charge on any atom is -0.396 e. The van der Waals surface area contributed by atoms with Gasteiger partial charge in [0.25, 0.3) is 0 Å². The number of amides is 1. The molecule has 0 unspecified atom stereocenters. The van der Waals surface area contributed by atoms with Gasteiger partial charge in [0, 0.05) is 11.4 Å². The predicted molar refractivity (Wildman–Crippen MR) is 85.7 cm³/mol. The van der Waals surface area contributed by atoms with Crippen LogP contribution < -0.4 is 11.1 Å². The monoisotopic (exact) mass is 308 g/mol. The lowest BCUT2D eigenvalue weighted by Crippen LogP contribution is -2.26. The molecule has 0 saturated heterocycles. The van der Waals surface area contributed by atoms with Crippen molar-refractivity contribution in [3.05, 3.63) is 35.7 Å². The van der Waals surface area contributed by atoms with Gasteiger partial charge in [-0.15, -0.1) is 11.8 Å². The number of hydrogen-bond donors (Lipinski definition) is 2. The number of nitrogen functional groups attached to an aromatic ring is 1. The Labute approximate surface area is 129 Å². The first-order valence-corrected chi connectivity index (χ1v) is 8.26. The van der Waals surface area contributed by atoms with Crippen molar-refractivity contribution in [3.8, 4) is 0 Å². The summed E-state index contributed by atoms with van der Waals surface area (Å²) in [7, 11) is 0. The van der Waals surface area contributed by atoms with Gasteiger partial charge in [-0.3, -0.25) is 4.79 Å². The number of anilines is 1. The van der Waals surface area contributed by atoms with Crippen molar-refractivity contribution in [2.24, 2.45) is 0 Å². The highest BCUT2D eigenvalue weighted by Crippen LogP contribution is 2.22. The zero-order chi connectivity index (χ0) is 15.1. The number of allylic oxidation sites excluding steroid dienone is 1. The molecule has 3 nitrogen and oxygen atoms in total. The van der Waals surface area contributed by atoms with Crippen LogP contribution in [0.3, 0.4) is 0 Å². The molecule has 1 aliphatic carbocycles. The molecule has 0 aromatic heterocycles. The van der Waals surface area contributed by atoms with Gasteiger partial charge in [-0.25, -0.2) is 4.39 Å². The molecule has 1 aliphatic rings. The molecular weight excluding hydrogens is 287 g/mol. The third-order valence-electron chi connectivity index (χ3n) is 3.50. The number of nitrogens with one attached hydrogen (secondary N) is 1. The Hall–Kier alpha value is -1.49. The highest BCUT2D eigenvalue weighted by atomic mass is 32.2. The van der Waals surface area contributed by atoms with Crippen molar-refractivity contribution in [3.63, 3.8) is 0 Å². The van der Waals surface area contributed by atoms with E-state index in [-0.39, 0.29) is 11.6 Å². The van der Waals surface area contributed by atoms with Gasteiger partial charge in [0.05, 0.1) is 11.4 Å². The summed E-state index contributed by atoms with van der Waals surface area (Å²) < 4.78 is 13.3. The fraction of sp³-hybridized carbons (Fsp3) is 0.438. The molecule has 0 bridgehead atoms. The molecule has 0 radical (unpaired) electrons. The molecule has 1 aromatic rings.